The monoisotopic (exact) mass is 335 g/mol. The Hall–Kier alpha value is -1.80. The number of aromatic nitrogens is 2. The molecule has 0 radical (unpaired) electrons. The van der Waals surface area contributed by atoms with Crippen molar-refractivity contribution in [1.29, 1.82) is 0 Å². The Morgan fingerprint density at radius 1 is 1.21 bits per heavy atom. The van der Waals surface area contributed by atoms with E-state index in [0.717, 1.165) is 32.6 Å². The third kappa shape index (κ3) is 2.95. The average Bonchev–Trinajstić information content (AvgIpc) is 2.89. The molecule has 8 heteroatoms. The fourth-order valence-electron chi connectivity index (χ4n) is 3.81. The molecule has 0 N–H and O–H groups in total. The largest absolute Gasteiger partial charge is 0.370 e. The number of anilines is 1. The number of hydrogen-bond donors (Lipinski definition) is 0. The predicted octanol–water partition coefficient (Wildman–Crippen LogP) is -0.0166. The molecule has 3 fully saturated rings. The molecule has 3 saturated heterocycles. The molecule has 0 unspecified atom stereocenters. The molecule has 3 atom stereocenters. The second-order valence-corrected chi connectivity index (χ2v) is 6.87. The molecule has 4 heterocycles. The highest BCUT2D eigenvalue weighted by Crippen LogP contribution is 2.34. The van der Waals surface area contributed by atoms with Crippen molar-refractivity contribution in [1.82, 2.24) is 19.8 Å². The van der Waals surface area contributed by atoms with E-state index in [1.165, 1.54) is 12.4 Å². The minimum absolute atomic E-state index is 0.0128. The van der Waals surface area contributed by atoms with Gasteiger partial charge in [-0.3, -0.25) is 4.79 Å². The highest BCUT2D eigenvalue weighted by atomic mass is 19.1. The maximum Gasteiger partial charge on any atom is 0.228 e. The van der Waals surface area contributed by atoms with Gasteiger partial charge in [0.25, 0.3) is 0 Å². The molecule has 7 nitrogen and oxygen atoms in total. The molecular formula is C16H22FN5O2. The first-order valence-corrected chi connectivity index (χ1v) is 8.45. The molecular weight excluding hydrogens is 313 g/mol. The minimum Gasteiger partial charge on any atom is -0.370 e. The molecule has 2 bridgehead atoms. The van der Waals surface area contributed by atoms with Crippen LogP contribution in [0.4, 0.5) is 10.3 Å². The fourth-order valence-corrected chi connectivity index (χ4v) is 3.81. The maximum absolute atomic E-state index is 13.0. The number of rotatable bonds is 2. The summed E-state index contributed by atoms with van der Waals surface area (Å²) >= 11 is 0. The predicted molar refractivity (Wildman–Crippen MR) is 85.0 cm³/mol. The van der Waals surface area contributed by atoms with E-state index < -0.39 is 5.82 Å². The molecule has 0 spiro atoms. The zero-order valence-electron chi connectivity index (χ0n) is 13.8. The van der Waals surface area contributed by atoms with Gasteiger partial charge >= 0.3 is 0 Å². The minimum atomic E-state index is -0.446. The van der Waals surface area contributed by atoms with E-state index >= 15 is 0 Å². The van der Waals surface area contributed by atoms with Gasteiger partial charge in [0.2, 0.25) is 11.9 Å². The first-order valence-electron chi connectivity index (χ1n) is 8.45. The number of fused-ring (bicyclic) bond motifs is 2. The zero-order chi connectivity index (χ0) is 16.7. The number of ether oxygens (including phenoxy) is 1. The first-order chi connectivity index (χ1) is 11.6. The van der Waals surface area contributed by atoms with Gasteiger partial charge in [-0.25, -0.2) is 14.4 Å². The van der Waals surface area contributed by atoms with Crippen LogP contribution in [0, 0.1) is 11.7 Å². The van der Waals surface area contributed by atoms with Crippen LogP contribution in [-0.2, 0) is 9.53 Å². The van der Waals surface area contributed by atoms with Crippen LogP contribution in [0.2, 0.25) is 0 Å². The molecule has 3 aliphatic rings. The van der Waals surface area contributed by atoms with Crippen LogP contribution in [-0.4, -0.2) is 84.2 Å². The van der Waals surface area contributed by atoms with Crippen LogP contribution in [0.1, 0.15) is 6.42 Å². The topological polar surface area (TPSA) is 61.8 Å². The number of piperazine rings is 1. The summed E-state index contributed by atoms with van der Waals surface area (Å²) in [6.45, 7) is 4.63. The zero-order valence-corrected chi connectivity index (χ0v) is 13.8. The van der Waals surface area contributed by atoms with E-state index in [4.69, 9.17) is 4.74 Å². The van der Waals surface area contributed by atoms with Crippen molar-refractivity contribution in [3.05, 3.63) is 18.2 Å². The Labute approximate surface area is 140 Å². The maximum atomic E-state index is 13.0. The molecule has 0 saturated carbocycles. The Bertz CT molecular complexity index is 605. The molecule has 1 aromatic rings. The van der Waals surface area contributed by atoms with Crippen LogP contribution in [0.3, 0.4) is 0 Å². The lowest BCUT2D eigenvalue weighted by Gasteiger charge is -2.36. The van der Waals surface area contributed by atoms with E-state index in [2.05, 4.69) is 21.9 Å². The lowest BCUT2D eigenvalue weighted by Crippen LogP contribution is -2.51. The normalized spacial score (nSPS) is 30.7. The second kappa shape index (κ2) is 6.25. The van der Waals surface area contributed by atoms with Crippen molar-refractivity contribution in [3.63, 3.8) is 0 Å². The van der Waals surface area contributed by atoms with Gasteiger partial charge in [0.1, 0.15) is 0 Å². The van der Waals surface area contributed by atoms with Gasteiger partial charge < -0.3 is 19.4 Å². The number of morpholine rings is 1. The lowest BCUT2D eigenvalue weighted by molar-refractivity contribution is -0.139. The third-order valence-corrected chi connectivity index (χ3v) is 5.18. The number of carbonyl (C=O) groups excluding carboxylic acids is 1. The summed E-state index contributed by atoms with van der Waals surface area (Å²) in [5.74, 6) is 0.168. The van der Waals surface area contributed by atoms with Gasteiger partial charge in [-0.1, -0.05) is 0 Å². The summed E-state index contributed by atoms with van der Waals surface area (Å²) in [7, 11) is 2.08. The van der Waals surface area contributed by atoms with E-state index in [1.807, 2.05) is 9.80 Å². The van der Waals surface area contributed by atoms with E-state index in [9.17, 15) is 9.18 Å². The summed E-state index contributed by atoms with van der Waals surface area (Å²) in [6.07, 6.45) is 2.97. The van der Waals surface area contributed by atoms with E-state index in [0.29, 0.717) is 19.0 Å². The highest BCUT2D eigenvalue weighted by molar-refractivity contribution is 5.80. The Balaban J connectivity index is 1.43. The fraction of sp³-hybridized carbons (Fsp3) is 0.688. The van der Waals surface area contributed by atoms with Gasteiger partial charge in [-0.2, -0.15) is 0 Å². The lowest BCUT2D eigenvalue weighted by atomic mass is 9.98. The molecule has 1 amide bonds. The van der Waals surface area contributed by atoms with Gasteiger partial charge in [-0.15, -0.1) is 0 Å². The first kappa shape index (κ1) is 15.7. The molecule has 24 heavy (non-hydrogen) atoms. The van der Waals surface area contributed by atoms with Crippen LogP contribution >= 0.6 is 0 Å². The molecule has 0 aromatic carbocycles. The number of halogens is 1. The van der Waals surface area contributed by atoms with Crippen molar-refractivity contribution in [3.8, 4) is 0 Å². The van der Waals surface area contributed by atoms with Crippen molar-refractivity contribution in [2.45, 2.75) is 18.6 Å². The number of likely N-dealkylation sites (N-methyl/N-ethyl adjacent to an activating group) is 1. The highest BCUT2D eigenvalue weighted by Gasteiger charge is 2.46. The Kier molecular flexibility index (Phi) is 4.09. The second-order valence-electron chi connectivity index (χ2n) is 6.87. The van der Waals surface area contributed by atoms with Crippen molar-refractivity contribution in [2.75, 3.05) is 51.2 Å². The van der Waals surface area contributed by atoms with Crippen LogP contribution < -0.4 is 4.90 Å². The van der Waals surface area contributed by atoms with Gasteiger partial charge in [0, 0.05) is 39.3 Å². The smallest absolute Gasteiger partial charge is 0.228 e. The van der Waals surface area contributed by atoms with Crippen molar-refractivity contribution in [2.24, 2.45) is 5.92 Å². The van der Waals surface area contributed by atoms with Crippen LogP contribution in [0.15, 0.2) is 12.4 Å². The number of amides is 1. The number of carbonyl (C=O) groups is 1. The van der Waals surface area contributed by atoms with Gasteiger partial charge in [0.05, 0.1) is 30.5 Å². The Morgan fingerprint density at radius 3 is 2.62 bits per heavy atom. The van der Waals surface area contributed by atoms with E-state index in [-0.39, 0.29) is 24.0 Å². The van der Waals surface area contributed by atoms with Crippen LogP contribution in [0.25, 0.3) is 0 Å². The summed E-state index contributed by atoms with van der Waals surface area (Å²) in [5.41, 5.74) is 0. The standard InChI is InChI=1S/C16H22FN5O2/c1-20-2-4-21(5-3-20)15(23)13-6-12-9-22(10-14(13)24-12)16-18-7-11(17)8-19-16/h7-8,12-14H,2-6,9-10H2,1H3/t12-,13+,14+/m0/s1. The molecule has 1 aromatic heterocycles. The average molecular weight is 335 g/mol. The number of nitrogens with zero attached hydrogens (tertiary/aromatic N) is 5. The summed E-state index contributed by atoms with van der Waals surface area (Å²) in [5, 5.41) is 0. The summed E-state index contributed by atoms with van der Waals surface area (Å²) in [4.78, 5) is 27.2. The van der Waals surface area contributed by atoms with Gasteiger partial charge in [0.15, 0.2) is 5.82 Å². The quantitative estimate of drug-likeness (QED) is 0.757. The molecule has 130 valence electrons. The third-order valence-electron chi connectivity index (χ3n) is 5.18. The van der Waals surface area contributed by atoms with Crippen LogP contribution in [0.5, 0.6) is 0 Å². The van der Waals surface area contributed by atoms with E-state index in [1.54, 1.807) is 0 Å². The Morgan fingerprint density at radius 2 is 1.92 bits per heavy atom. The summed E-state index contributed by atoms with van der Waals surface area (Å²) in [6, 6.07) is 0. The number of hydrogen-bond acceptors (Lipinski definition) is 6. The molecule has 4 rings (SSSR count). The van der Waals surface area contributed by atoms with Crippen molar-refractivity contribution < 1.29 is 13.9 Å². The van der Waals surface area contributed by atoms with Gasteiger partial charge in [-0.05, 0) is 13.5 Å². The SMILES string of the molecule is CN1CCN(C(=O)[C@@H]2C[C@H]3CN(c4ncc(F)cn4)C[C@H]2O3)CC1. The van der Waals surface area contributed by atoms with Crippen molar-refractivity contribution >= 4 is 11.9 Å². The molecule has 3 aliphatic heterocycles. The molecule has 0 aliphatic carbocycles. The summed E-state index contributed by atoms with van der Waals surface area (Å²) < 4.78 is 19.0.